The van der Waals surface area contributed by atoms with Crippen molar-refractivity contribution in [3.8, 4) is 0 Å². The van der Waals surface area contributed by atoms with Crippen LogP contribution < -0.4 is 0 Å². The summed E-state index contributed by atoms with van der Waals surface area (Å²) in [5.74, 6) is 0.0482. The van der Waals surface area contributed by atoms with E-state index < -0.39 is 0 Å². The van der Waals surface area contributed by atoms with Crippen LogP contribution in [0.1, 0.15) is 50.1 Å². The third-order valence-electron chi connectivity index (χ3n) is 2.82. The van der Waals surface area contributed by atoms with Crippen LogP contribution in [0.3, 0.4) is 0 Å². The van der Waals surface area contributed by atoms with Crippen molar-refractivity contribution in [2.45, 2.75) is 45.1 Å². The first-order valence-corrected chi connectivity index (χ1v) is 5.78. The Bertz CT molecular complexity index is 362. The Labute approximate surface area is 94.6 Å². The molecular formula is C11H17N3O2. The molecule has 16 heavy (non-hydrogen) atoms. The normalized spacial score (nSPS) is 20.9. The number of H-pyrrole nitrogens is 1. The second-order valence-corrected chi connectivity index (χ2v) is 4.26. The lowest BCUT2D eigenvalue weighted by Gasteiger charge is -2.18. The van der Waals surface area contributed by atoms with Crippen LogP contribution in [-0.2, 0) is 16.0 Å². The fraction of sp³-hybridized carbons (Fsp3) is 0.727. The van der Waals surface area contributed by atoms with Crippen LogP contribution in [0.25, 0.3) is 0 Å². The van der Waals surface area contributed by atoms with Crippen molar-refractivity contribution in [1.29, 1.82) is 0 Å². The topological polar surface area (TPSA) is 67.9 Å². The molecule has 1 aliphatic rings. The number of aryl methyl sites for hydroxylation is 1. The smallest absolute Gasteiger partial charge is 0.155 e. The van der Waals surface area contributed by atoms with Gasteiger partial charge >= 0.3 is 0 Å². The summed E-state index contributed by atoms with van der Waals surface area (Å²) in [7, 11) is 0. The summed E-state index contributed by atoms with van der Waals surface area (Å²) in [5, 5.41) is 10.9. The van der Waals surface area contributed by atoms with Crippen molar-refractivity contribution in [3.63, 3.8) is 0 Å². The Morgan fingerprint density at radius 3 is 3.12 bits per heavy atom. The molecule has 1 heterocycles. The maximum Gasteiger partial charge on any atom is 0.155 e. The predicted molar refractivity (Wildman–Crippen MR) is 57.9 cm³/mol. The minimum absolute atomic E-state index is 0.0482. The van der Waals surface area contributed by atoms with Gasteiger partial charge in [0.05, 0.1) is 5.69 Å². The van der Waals surface area contributed by atoms with Gasteiger partial charge in [-0.15, -0.1) is 0 Å². The van der Waals surface area contributed by atoms with Gasteiger partial charge in [-0.3, -0.25) is 4.79 Å². The summed E-state index contributed by atoms with van der Waals surface area (Å²) in [5.41, 5.74) is 1.88. The average Bonchev–Trinajstić information content (AvgIpc) is 2.65. The van der Waals surface area contributed by atoms with Gasteiger partial charge < -0.3 is 4.74 Å². The van der Waals surface area contributed by atoms with Crippen molar-refractivity contribution in [1.82, 2.24) is 15.4 Å². The SMILES string of the molecule is CC(=O)COC1CCCCCc2n[nH]nc21. The van der Waals surface area contributed by atoms with E-state index in [1.165, 1.54) is 13.3 Å². The molecule has 0 aliphatic heterocycles. The van der Waals surface area contributed by atoms with Crippen LogP contribution >= 0.6 is 0 Å². The van der Waals surface area contributed by atoms with E-state index in [2.05, 4.69) is 15.4 Å². The number of hydrogen-bond donors (Lipinski definition) is 1. The molecule has 1 aromatic heterocycles. The molecule has 1 unspecified atom stereocenters. The summed E-state index contributed by atoms with van der Waals surface area (Å²) in [6.45, 7) is 1.70. The number of carbonyl (C=O) groups excluding carboxylic acids is 1. The zero-order valence-electron chi connectivity index (χ0n) is 9.53. The van der Waals surface area contributed by atoms with Gasteiger partial charge in [0.1, 0.15) is 18.4 Å². The minimum Gasteiger partial charge on any atom is -0.364 e. The Morgan fingerprint density at radius 1 is 1.44 bits per heavy atom. The lowest BCUT2D eigenvalue weighted by Crippen LogP contribution is -2.14. The van der Waals surface area contributed by atoms with Gasteiger partial charge in [0.25, 0.3) is 0 Å². The lowest BCUT2D eigenvalue weighted by molar-refractivity contribution is -0.123. The van der Waals surface area contributed by atoms with Crippen LogP contribution in [-0.4, -0.2) is 27.8 Å². The number of aromatic nitrogens is 3. The highest BCUT2D eigenvalue weighted by molar-refractivity contribution is 5.76. The molecule has 0 saturated heterocycles. The number of aromatic amines is 1. The number of hydrogen-bond acceptors (Lipinski definition) is 4. The third kappa shape index (κ3) is 2.66. The molecule has 0 aromatic carbocycles. The second-order valence-electron chi connectivity index (χ2n) is 4.26. The molecular weight excluding hydrogens is 206 g/mol. The molecule has 0 spiro atoms. The summed E-state index contributed by atoms with van der Waals surface area (Å²) in [4.78, 5) is 10.9. The van der Waals surface area contributed by atoms with Crippen molar-refractivity contribution in [2.24, 2.45) is 0 Å². The highest BCUT2D eigenvalue weighted by Crippen LogP contribution is 2.27. The van der Waals surface area contributed by atoms with E-state index in [0.29, 0.717) is 0 Å². The summed E-state index contributed by atoms with van der Waals surface area (Å²) in [6, 6.07) is 0. The summed E-state index contributed by atoms with van der Waals surface area (Å²) in [6.07, 6.45) is 5.26. The molecule has 5 nitrogen and oxygen atoms in total. The van der Waals surface area contributed by atoms with Crippen molar-refractivity contribution >= 4 is 5.78 Å². The van der Waals surface area contributed by atoms with E-state index in [0.717, 1.165) is 37.1 Å². The second kappa shape index (κ2) is 5.21. The van der Waals surface area contributed by atoms with E-state index in [4.69, 9.17) is 4.74 Å². The Hall–Kier alpha value is -1.23. The molecule has 2 rings (SSSR count). The largest absolute Gasteiger partial charge is 0.364 e. The highest BCUT2D eigenvalue weighted by atomic mass is 16.5. The van der Waals surface area contributed by atoms with Crippen LogP contribution in [0.5, 0.6) is 0 Å². The van der Waals surface area contributed by atoms with Gasteiger partial charge in [0.15, 0.2) is 5.78 Å². The van der Waals surface area contributed by atoms with E-state index in [9.17, 15) is 4.79 Å². The Kier molecular flexibility index (Phi) is 3.66. The number of nitrogens with one attached hydrogen (secondary N) is 1. The molecule has 5 heteroatoms. The molecule has 0 saturated carbocycles. The first-order chi connectivity index (χ1) is 7.77. The molecule has 0 amide bonds. The predicted octanol–water partition coefficient (Wildman–Crippen LogP) is 1.57. The van der Waals surface area contributed by atoms with E-state index in [1.54, 1.807) is 0 Å². The molecule has 0 radical (unpaired) electrons. The molecule has 0 fully saturated rings. The molecule has 0 bridgehead atoms. The fourth-order valence-corrected chi connectivity index (χ4v) is 2.02. The zero-order chi connectivity index (χ0) is 11.4. The molecule has 1 N–H and O–H groups in total. The van der Waals surface area contributed by atoms with Gasteiger partial charge in [-0.2, -0.15) is 15.4 Å². The monoisotopic (exact) mass is 223 g/mol. The standard InChI is InChI=1S/C11H17N3O2/c1-8(15)7-16-10-6-4-2-3-5-9-11(10)13-14-12-9/h10H,2-7H2,1H3,(H,12,13,14). The number of ketones is 1. The first-order valence-electron chi connectivity index (χ1n) is 5.78. The Morgan fingerprint density at radius 2 is 2.31 bits per heavy atom. The molecule has 1 atom stereocenters. The molecule has 88 valence electrons. The van der Waals surface area contributed by atoms with Crippen molar-refractivity contribution in [2.75, 3.05) is 6.61 Å². The van der Waals surface area contributed by atoms with Crippen LogP contribution in [0.4, 0.5) is 0 Å². The number of nitrogens with zero attached hydrogens (tertiary/aromatic N) is 2. The van der Waals surface area contributed by atoms with Crippen molar-refractivity contribution in [3.05, 3.63) is 11.4 Å². The first kappa shape index (κ1) is 11.3. The van der Waals surface area contributed by atoms with Crippen molar-refractivity contribution < 1.29 is 9.53 Å². The van der Waals surface area contributed by atoms with Gasteiger partial charge in [0.2, 0.25) is 0 Å². The third-order valence-corrected chi connectivity index (χ3v) is 2.82. The number of fused-ring (bicyclic) bond motifs is 1. The van der Waals surface area contributed by atoms with Gasteiger partial charge in [-0.05, 0) is 26.2 Å². The van der Waals surface area contributed by atoms with E-state index in [-0.39, 0.29) is 18.5 Å². The highest BCUT2D eigenvalue weighted by Gasteiger charge is 2.22. The van der Waals surface area contributed by atoms with Gasteiger partial charge in [-0.1, -0.05) is 12.8 Å². The molecule has 1 aromatic rings. The quantitative estimate of drug-likeness (QED) is 0.844. The lowest BCUT2D eigenvalue weighted by atomic mass is 9.99. The fourth-order valence-electron chi connectivity index (χ4n) is 2.02. The summed E-state index contributed by atoms with van der Waals surface area (Å²) >= 11 is 0. The molecule has 1 aliphatic carbocycles. The van der Waals surface area contributed by atoms with Gasteiger partial charge in [0, 0.05) is 0 Å². The number of ether oxygens (including phenoxy) is 1. The van der Waals surface area contributed by atoms with Crippen LogP contribution in [0.15, 0.2) is 0 Å². The maximum atomic E-state index is 10.9. The van der Waals surface area contributed by atoms with Gasteiger partial charge in [-0.25, -0.2) is 0 Å². The summed E-state index contributed by atoms with van der Waals surface area (Å²) < 4.78 is 5.59. The maximum absolute atomic E-state index is 10.9. The van der Waals surface area contributed by atoms with Crippen LogP contribution in [0.2, 0.25) is 0 Å². The average molecular weight is 223 g/mol. The van der Waals surface area contributed by atoms with Crippen LogP contribution in [0, 0.1) is 0 Å². The number of carbonyl (C=O) groups is 1. The number of Topliss-reactive ketones (excluding diaryl/α,β-unsaturated/α-hetero) is 1. The zero-order valence-corrected chi connectivity index (χ0v) is 9.53. The van der Waals surface area contributed by atoms with E-state index >= 15 is 0 Å². The number of rotatable bonds is 3. The Balaban J connectivity index is 2.09. The minimum atomic E-state index is -0.0713. The van der Waals surface area contributed by atoms with E-state index in [1.807, 2.05) is 0 Å².